The summed E-state index contributed by atoms with van der Waals surface area (Å²) in [6.45, 7) is 4.13. The molecule has 0 atom stereocenters. The van der Waals surface area contributed by atoms with Crippen molar-refractivity contribution in [2.75, 3.05) is 11.1 Å². The number of carbonyl (C=O) groups is 1. The van der Waals surface area contributed by atoms with Crippen LogP contribution in [-0.4, -0.2) is 28.1 Å². The van der Waals surface area contributed by atoms with E-state index in [0.717, 1.165) is 34.2 Å². The zero-order valence-electron chi connectivity index (χ0n) is 16.3. The first-order valence-corrected chi connectivity index (χ1v) is 11.7. The highest BCUT2D eigenvalue weighted by Gasteiger charge is 2.38. The molecular weight excluding hydrogens is 386 g/mol. The topological polar surface area (TPSA) is 53.8 Å². The summed E-state index contributed by atoms with van der Waals surface area (Å²) in [5, 5.41) is 5.99. The van der Waals surface area contributed by atoms with Crippen LogP contribution in [0.15, 0.2) is 45.7 Å². The predicted molar refractivity (Wildman–Crippen MR) is 121 cm³/mol. The van der Waals surface area contributed by atoms with Crippen LogP contribution in [0.4, 0.5) is 5.69 Å². The van der Waals surface area contributed by atoms with Gasteiger partial charge in [-0.05, 0) is 74.2 Å². The summed E-state index contributed by atoms with van der Waals surface area (Å²) in [6, 6.07) is 10.1. The zero-order chi connectivity index (χ0) is 19.6. The van der Waals surface area contributed by atoms with Crippen molar-refractivity contribution in [3.63, 3.8) is 0 Å². The fraction of sp³-hybridized carbons (Fsp3) is 0.409. The number of rotatable bonds is 4. The SMILES string of the molecule is Cc1ccc(NC(=O)CSC2=NC3(CCCCC3)N=C2c2cccs2)cc1C. The van der Waals surface area contributed by atoms with Crippen molar-refractivity contribution in [2.45, 2.75) is 51.6 Å². The average molecular weight is 412 g/mol. The number of nitrogens with one attached hydrogen (secondary N) is 1. The molecule has 1 saturated carbocycles. The number of benzene rings is 1. The average Bonchev–Trinajstić information content (AvgIpc) is 3.32. The maximum atomic E-state index is 12.5. The maximum Gasteiger partial charge on any atom is 0.234 e. The third-order valence-electron chi connectivity index (χ3n) is 5.37. The second-order valence-electron chi connectivity index (χ2n) is 7.53. The van der Waals surface area contributed by atoms with Crippen molar-refractivity contribution < 1.29 is 4.79 Å². The van der Waals surface area contributed by atoms with Gasteiger partial charge in [-0.3, -0.25) is 9.79 Å². The molecule has 1 aromatic heterocycles. The molecule has 28 heavy (non-hydrogen) atoms. The lowest BCUT2D eigenvalue weighted by molar-refractivity contribution is -0.113. The number of hydrogen-bond donors (Lipinski definition) is 1. The monoisotopic (exact) mass is 411 g/mol. The molecule has 1 aliphatic carbocycles. The molecule has 0 saturated heterocycles. The van der Waals surface area contributed by atoms with E-state index in [4.69, 9.17) is 9.98 Å². The summed E-state index contributed by atoms with van der Waals surface area (Å²) in [5.74, 6) is 0.331. The normalized spacial score (nSPS) is 18.1. The summed E-state index contributed by atoms with van der Waals surface area (Å²) in [6.07, 6.45) is 5.65. The first-order chi connectivity index (χ1) is 13.5. The van der Waals surface area contributed by atoms with Crippen molar-refractivity contribution in [3.05, 3.63) is 51.7 Å². The van der Waals surface area contributed by atoms with Gasteiger partial charge < -0.3 is 5.32 Å². The van der Waals surface area contributed by atoms with E-state index in [-0.39, 0.29) is 11.6 Å². The Hall–Kier alpha value is -1.92. The van der Waals surface area contributed by atoms with Crippen LogP contribution < -0.4 is 5.32 Å². The molecule has 1 spiro atoms. The first kappa shape index (κ1) is 19.4. The Kier molecular flexibility index (Phi) is 5.69. The molecule has 2 heterocycles. The molecule has 4 rings (SSSR count). The van der Waals surface area contributed by atoms with E-state index in [1.807, 2.05) is 24.3 Å². The van der Waals surface area contributed by atoms with Crippen LogP contribution in [-0.2, 0) is 4.79 Å². The lowest BCUT2D eigenvalue weighted by Gasteiger charge is -2.27. The number of nitrogens with zero attached hydrogens (tertiary/aromatic N) is 2. The summed E-state index contributed by atoms with van der Waals surface area (Å²) < 4.78 is 0. The molecule has 0 bridgehead atoms. The first-order valence-electron chi connectivity index (χ1n) is 9.79. The van der Waals surface area contributed by atoms with E-state index >= 15 is 0 Å². The van der Waals surface area contributed by atoms with Gasteiger partial charge in [-0.1, -0.05) is 30.3 Å². The molecule has 2 aromatic rings. The number of hydrogen-bond acceptors (Lipinski definition) is 5. The molecule has 6 heteroatoms. The van der Waals surface area contributed by atoms with Crippen LogP contribution in [0.1, 0.15) is 48.1 Å². The molecule has 1 aromatic carbocycles. The molecule has 4 nitrogen and oxygen atoms in total. The maximum absolute atomic E-state index is 12.5. The molecule has 146 valence electrons. The van der Waals surface area contributed by atoms with Gasteiger partial charge in [-0.25, -0.2) is 4.99 Å². The molecule has 1 fully saturated rings. The largest absolute Gasteiger partial charge is 0.325 e. The minimum Gasteiger partial charge on any atom is -0.325 e. The fourth-order valence-electron chi connectivity index (χ4n) is 3.69. The minimum absolute atomic E-state index is 0.00826. The van der Waals surface area contributed by atoms with Crippen LogP contribution in [0.2, 0.25) is 0 Å². The predicted octanol–water partition coefficient (Wildman–Crippen LogP) is 5.60. The van der Waals surface area contributed by atoms with Gasteiger partial charge in [0.1, 0.15) is 10.8 Å². The van der Waals surface area contributed by atoms with Crippen molar-refractivity contribution >= 4 is 45.4 Å². The smallest absolute Gasteiger partial charge is 0.234 e. The minimum atomic E-state index is -0.287. The Morgan fingerprint density at radius 3 is 2.68 bits per heavy atom. The molecule has 2 aliphatic rings. The number of aliphatic imine (C=N–C) groups is 2. The summed E-state index contributed by atoms with van der Waals surface area (Å²) >= 11 is 3.19. The standard InChI is InChI=1S/C22H25N3OS2/c1-15-8-9-17(13-16(15)2)23-19(26)14-28-21-20(18-7-6-12-27-18)24-22(25-21)10-4-3-5-11-22/h6-9,12-13H,3-5,10-11,14H2,1-2H3,(H,23,26). The van der Waals surface area contributed by atoms with Gasteiger partial charge in [-0.2, -0.15) is 0 Å². The van der Waals surface area contributed by atoms with Crippen LogP contribution in [0.3, 0.4) is 0 Å². The molecular formula is C22H25N3OS2. The number of thioether (sulfide) groups is 1. The molecule has 0 radical (unpaired) electrons. The summed E-state index contributed by atoms with van der Waals surface area (Å²) in [4.78, 5) is 23.7. The van der Waals surface area contributed by atoms with Crippen LogP contribution in [0.5, 0.6) is 0 Å². The van der Waals surface area contributed by atoms with Gasteiger partial charge in [0.2, 0.25) is 5.91 Å². The van der Waals surface area contributed by atoms with Crippen LogP contribution >= 0.6 is 23.1 Å². The third kappa shape index (κ3) is 4.23. The quantitative estimate of drug-likeness (QED) is 0.712. The highest BCUT2D eigenvalue weighted by atomic mass is 32.2. The van der Waals surface area contributed by atoms with Gasteiger partial charge in [0.25, 0.3) is 0 Å². The Labute approximate surface area is 174 Å². The van der Waals surface area contributed by atoms with E-state index in [9.17, 15) is 4.79 Å². The Balaban J connectivity index is 1.46. The molecule has 0 unspecified atom stereocenters. The Morgan fingerprint density at radius 2 is 1.96 bits per heavy atom. The van der Waals surface area contributed by atoms with Gasteiger partial charge >= 0.3 is 0 Å². The van der Waals surface area contributed by atoms with Crippen LogP contribution in [0, 0.1) is 13.8 Å². The molecule has 1 aliphatic heterocycles. The van der Waals surface area contributed by atoms with Crippen molar-refractivity contribution in [1.29, 1.82) is 0 Å². The third-order valence-corrected chi connectivity index (χ3v) is 7.21. The second kappa shape index (κ2) is 8.21. The lowest BCUT2D eigenvalue weighted by atomic mass is 9.90. The Morgan fingerprint density at radius 1 is 1.14 bits per heavy atom. The van der Waals surface area contributed by atoms with Crippen LogP contribution in [0.25, 0.3) is 0 Å². The second-order valence-corrected chi connectivity index (χ2v) is 9.45. The number of carbonyl (C=O) groups excluding carboxylic acids is 1. The number of anilines is 1. The van der Waals surface area contributed by atoms with Crippen molar-refractivity contribution in [3.8, 4) is 0 Å². The Bertz CT molecular complexity index is 925. The number of aryl methyl sites for hydroxylation is 2. The van der Waals surface area contributed by atoms with Gasteiger partial charge in [-0.15, -0.1) is 11.3 Å². The van der Waals surface area contributed by atoms with E-state index in [1.54, 1.807) is 11.3 Å². The molecule has 1 amide bonds. The van der Waals surface area contributed by atoms with E-state index in [0.29, 0.717) is 5.75 Å². The van der Waals surface area contributed by atoms with Gasteiger partial charge in [0, 0.05) is 5.69 Å². The van der Waals surface area contributed by atoms with Gasteiger partial charge in [0.15, 0.2) is 5.66 Å². The van der Waals surface area contributed by atoms with E-state index in [1.165, 1.54) is 42.2 Å². The molecule has 1 N–H and O–H groups in total. The number of thiophene rings is 1. The van der Waals surface area contributed by atoms with Gasteiger partial charge in [0.05, 0.1) is 10.6 Å². The van der Waals surface area contributed by atoms with E-state index < -0.39 is 0 Å². The lowest BCUT2D eigenvalue weighted by Crippen LogP contribution is -2.25. The van der Waals surface area contributed by atoms with Crippen molar-refractivity contribution in [2.24, 2.45) is 9.98 Å². The summed E-state index contributed by atoms with van der Waals surface area (Å²) in [7, 11) is 0. The zero-order valence-corrected chi connectivity index (χ0v) is 18.0. The highest BCUT2D eigenvalue weighted by molar-refractivity contribution is 8.16. The van der Waals surface area contributed by atoms with E-state index in [2.05, 4.69) is 30.6 Å². The van der Waals surface area contributed by atoms with Crippen molar-refractivity contribution in [1.82, 2.24) is 0 Å². The fourth-order valence-corrected chi connectivity index (χ4v) is 5.34. The number of amides is 1. The highest BCUT2D eigenvalue weighted by Crippen LogP contribution is 2.39. The summed E-state index contributed by atoms with van der Waals surface area (Å²) in [5.41, 5.74) is 3.93.